The molecule has 8 nitrogen and oxygen atoms in total. The lowest BCUT2D eigenvalue weighted by Gasteiger charge is -2.30. The van der Waals surface area contributed by atoms with Gasteiger partial charge in [-0.2, -0.15) is 0 Å². The van der Waals surface area contributed by atoms with Gasteiger partial charge in [-0.3, -0.25) is 9.59 Å². The van der Waals surface area contributed by atoms with Crippen molar-refractivity contribution >= 4 is 40.8 Å². The topological polar surface area (TPSA) is 110 Å². The van der Waals surface area contributed by atoms with Crippen molar-refractivity contribution in [3.8, 4) is 5.75 Å². The van der Waals surface area contributed by atoms with E-state index in [2.05, 4.69) is 15.5 Å². The highest BCUT2D eigenvalue weighted by Crippen LogP contribution is 2.28. The SMILES string of the molecule is CN1CC(NC(=O)c2cc(OCCc3c(Cl)ccc(F)c3Cl)c(N)nn2)CCC1=O. The fourth-order valence-electron chi connectivity index (χ4n) is 3.06. The van der Waals surface area contributed by atoms with Gasteiger partial charge < -0.3 is 20.7 Å². The molecule has 1 unspecified atom stereocenters. The van der Waals surface area contributed by atoms with Gasteiger partial charge in [-0.25, -0.2) is 4.39 Å². The standard InChI is InChI=1S/C19H20Cl2FN5O3/c1-27-9-10(2-5-16(27)28)24-19(29)14-8-15(18(23)26-25-14)30-7-6-11-12(20)3-4-13(22)17(11)21/h3-4,8,10H,2,5-7,9H2,1H3,(H2,23,26)(H,24,29). The van der Waals surface area contributed by atoms with Crippen LogP contribution >= 0.6 is 23.2 Å². The van der Waals surface area contributed by atoms with Gasteiger partial charge in [0.1, 0.15) is 5.82 Å². The van der Waals surface area contributed by atoms with E-state index in [4.69, 9.17) is 33.7 Å². The van der Waals surface area contributed by atoms with E-state index in [0.29, 0.717) is 30.0 Å². The molecule has 0 aliphatic carbocycles. The summed E-state index contributed by atoms with van der Waals surface area (Å²) in [6.45, 7) is 0.501. The monoisotopic (exact) mass is 455 g/mol. The Morgan fingerprint density at radius 2 is 2.17 bits per heavy atom. The van der Waals surface area contributed by atoms with Crippen LogP contribution in [0, 0.1) is 5.82 Å². The number of likely N-dealkylation sites (N-methyl/N-ethyl adjacent to an activating group) is 1. The molecule has 3 N–H and O–H groups in total. The predicted molar refractivity (Wildman–Crippen MR) is 110 cm³/mol. The summed E-state index contributed by atoms with van der Waals surface area (Å²) in [5.41, 5.74) is 6.22. The number of anilines is 1. The number of likely N-dealkylation sites (tertiary alicyclic amines) is 1. The molecule has 1 aliphatic heterocycles. The lowest BCUT2D eigenvalue weighted by atomic mass is 10.1. The highest BCUT2D eigenvalue weighted by molar-refractivity contribution is 6.36. The van der Waals surface area contributed by atoms with E-state index in [1.807, 2.05) is 0 Å². The van der Waals surface area contributed by atoms with Crippen molar-refractivity contribution in [2.24, 2.45) is 0 Å². The van der Waals surface area contributed by atoms with Crippen LogP contribution < -0.4 is 15.8 Å². The Balaban J connectivity index is 1.63. The van der Waals surface area contributed by atoms with Gasteiger partial charge in [0.05, 0.1) is 11.6 Å². The van der Waals surface area contributed by atoms with Gasteiger partial charge in [-0.05, 0) is 24.1 Å². The highest BCUT2D eigenvalue weighted by atomic mass is 35.5. The summed E-state index contributed by atoms with van der Waals surface area (Å²) in [5, 5.41) is 10.6. The molecule has 2 heterocycles. The van der Waals surface area contributed by atoms with Crippen LogP contribution in [0.3, 0.4) is 0 Å². The number of ether oxygens (including phenoxy) is 1. The van der Waals surface area contributed by atoms with Gasteiger partial charge in [0.15, 0.2) is 17.3 Å². The fraction of sp³-hybridized carbons (Fsp3) is 0.368. The van der Waals surface area contributed by atoms with E-state index in [1.165, 1.54) is 18.2 Å². The molecule has 1 atom stereocenters. The number of piperidine rings is 1. The van der Waals surface area contributed by atoms with Crippen molar-refractivity contribution in [2.45, 2.75) is 25.3 Å². The van der Waals surface area contributed by atoms with Crippen LogP contribution in [0.5, 0.6) is 5.75 Å². The third kappa shape index (κ3) is 5.09. The number of nitrogens with zero attached hydrogens (tertiary/aromatic N) is 3. The molecule has 1 aromatic heterocycles. The maximum atomic E-state index is 13.6. The van der Waals surface area contributed by atoms with Crippen LogP contribution in [0.4, 0.5) is 10.2 Å². The zero-order valence-electron chi connectivity index (χ0n) is 16.1. The number of carbonyl (C=O) groups excluding carboxylic acids is 2. The van der Waals surface area contributed by atoms with Gasteiger partial charge in [0.25, 0.3) is 5.91 Å². The molecular weight excluding hydrogens is 436 g/mol. The van der Waals surface area contributed by atoms with Crippen LogP contribution in [0.25, 0.3) is 0 Å². The molecule has 30 heavy (non-hydrogen) atoms. The van der Waals surface area contributed by atoms with Gasteiger partial charge in [0.2, 0.25) is 5.91 Å². The number of carbonyl (C=O) groups is 2. The molecule has 2 amide bonds. The average Bonchev–Trinajstić information content (AvgIpc) is 2.71. The first-order valence-corrected chi connectivity index (χ1v) is 9.95. The smallest absolute Gasteiger partial charge is 0.272 e. The quantitative estimate of drug-likeness (QED) is 0.647. The van der Waals surface area contributed by atoms with Gasteiger partial charge in [-0.15, -0.1) is 10.2 Å². The summed E-state index contributed by atoms with van der Waals surface area (Å²) >= 11 is 12.0. The molecule has 1 saturated heterocycles. The molecule has 1 aromatic carbocycles. The second kappa shape index (κ2) is 9.44. The zero-order chi connectivity index (χ0) is 21.8. The summed E-state index contributed by atoms with van der Waals surface area (Å²) in [7, 11) is 1.69. The van der Waals surface area contributed by atoms with Crippen molar-refractivity contribution in [1.82, 2.24) is 20.4 Å². The Labute approximate surface area is 182 Å². The third-order valence-electron chi connectivity index (χ3n) is 4.73. The molecule has 1 fully saturated rings. The molecule has 0 saturated carbocycles. The molecule has 160 valence electrons. The first-order chi connectivity index (χ1) is 14.3. The maximum Gasteiger partial charge on any atom is 0.272 e. The van der Waals surface area contributed by atoms with Gasteiger partial charge >= 0.3 is 0 Å². The minimum absolute atomic E-state index is 0.00554. The summed E-state index contributed by atoms with van der Waals surface area (Å²) in [6, 6.07) is 3.80. The fourth-order valence-corrected chi connectivity index (χ4v) is 3.62. The summed E-state index contributed by atoms with van der Waals surface area (Å²) in [6.07, 6.45) is 1.14. The van der Waals surface area contributed by atoms with E-state index >= 15 is 0 Å². The first kappa shape index (κ1) is 22.0. The summed E-state index contributed by atoms with van der Waals surface area (Å²) in [5.74, 6) is -0.811. The third-order valence-corrected chi connectivity index (χ3v) is 5.49. The number of halogens is 3. The number of aromatic nitrogens is 2. The molecule has 0 radical (unpaired) electrons. The maximum absolute atomic E-state index is 13.6. The molecule has 0 bridgehead atoms. The molecule has 3 rings (SSSR count). The summed E-state index contributed by atoms with van der Waals surface area (Å²) < 4.78 is 19.2. The van der Waals surface area contributed by atoms with E-state index < -0.39 is 11.7 Å². The highest BCUT2D eigenvalue weighted by Gasteiger charge is 2.25. The molecule has 1 aliphatic rings. The number of benzene rings is 1. The Hall–Kier alpha value is -2.65. The van der Waals surface area contributed by atoms with E-state index in [0.717, 1.165) is 0 Å². The zero-order valence-corrected chi connectivity index (χ0v) is 17.6. The average molecular weight is 456 g/mol. The summed E-state index contributed by atoms with van der Waals surface area (Å²) in [4.78, 5) is 25.6. The Kier molecular flexibility index (Phi) is 6.94. The van der Waals surface area contributed by atoms with E-state index in [-0.39, 0.29) is 47.3 Å². The van der Waals surface area contributed by atoms with E-state index in [9.17, 15) is 14.0 Å². The van der Waals surface area contributed by atoms with Crippen LogP contribution in [0.2, 0.25) is 10.0 Å². The Bertz CT molecular complexity index is 975. The lowest BCUT2D eigenvalue weighted by Crippen LogP contribution is -2.48. The second-order valence-electron chi connectivity index (χ2n) is 6.88. The number of nitrogen functional groups attached to an aromatic ring is 1. The normalized spacial score (nSPS) is 16.5. The minimum atomic E-state index is -0.574. The van der Waals surface area contributed by atoms with Crippen molar-refractivity contribution in [1.29, 1.82) is 0 Å². The molecule has 2 aromatic rings. The van der Waals surface area contributed by atoms with Crippen molar-refractivity contribution in [3.05, 3.63) is 45.3 Å². The second-order valence-corrected chi connectivity index (χ2v) is 7.67. The number of amides is 2. The molecule has 11 heteroatoms. The van der Waals surface area contributed by atoms with Crippen LogP contribution in [0.15, 0.2) is 18.2 Å². The minimum Gasteiger partial charge on any atom is -0.489 e. The number of nitrogens with one attached hydrogen (secondary N) is 1. The largest absolute Gasteiger partial charge is 0.489 e. The van der Waals surface area contributed by atoms with Crippen LogP contribution in [0.1, 0.15) is 28.9 Å². The Morgan fingerprint density at radius 1 is 1.40 bits per heavy atom. The molecular formula is C19H20Cl2FN5O3. The van der Waals surface area contributed by atoms with Crippen molar-refractivity contribution in [3.63, 3.8) is 0 Å². The number of rotatable bonds is 6. The van der Waals surface area contributed by atoms with Crippen LogP contribution in [-0.4, -0.2) is 53.2 Å². The lowest BCUT2D eigenvalue weighted by molar-refractivity contribution is -0.132. The van der Waals surface area contributed by atoms with Crippen LogP contribution in [-0.2, 0) is 11.2 Å². The van der Waals surface area contributed by atoms with Crippen molar-refractivity contribution < 1.29 is 18.7 Å². The molecule has 0 spiro atoms. The number of nitrogens with two attached hydrogens (primary N) is 1. The van der Waals surface area contributed by atoms with E-state index in [1.54, 1.807) is 11.9 Å². The number of hydrogen-bond donors (Lipinski definition) is 2. The van der Waals surface area contributed by atoms with Gasteiger partial charge in [0, 0.05) is 43.6 Å². The predicted octanol–water partition coefficient (Wildman–Crippen LogP) is 2.48. The number of hydrogen-bond acceptors (Lipinski definition) is 6. The Morgan fingerprint density at radius 3 is 2.90 bits per heavy atom. The van der Waals surface area contributed by atoms with Crippen molar-refractivity contribution in [2.75, 3.05) is 25.9 Å². The first-order valence-electron chi connectivity index (χ1n) is 9.19. The van der Waals surface area contributed by atoms with Gasteiger partial charge in [-0.1, -0.05) is 23.2 Å².